The number of benzene rings is 3. The van der Waals surface area contributed by atoms with Crippen LogP contribution in [-0.2, 0) is 43.5 Å². The van der Waals surface area contributed by atoms with Crippen molar-refractivity contribution in [2.45, 2.75) is 63.4 Å². The predicted molar refractivity (Wildman–Crippen MR) is 184 cm³/mol. The van der Waals surface area contributed by atoms with Gasteiger partial charge in [-0.3, -0.25) is 29.6 Å². The van der Waals surface area contributed by atoms with Crippen LogP contribution < -0.4 is 11.1 Å². The van der Waals surface area contributed by atoms with E-state index >= 15 is 0 Å². The second kappa shape index (κ2) is 17.1. The standard InChI is InChI=1S/C37H42N6O7/c1-41(36(47)49-24-27-15-7-3-8-16-27)31(23-26-13-5-2-6-14-26)33(45)42-22-12-20-30(42)34(46)43(29-19-11-21-39-35(38)40-32(29)44)37(48)50-25-28-17-9-4-10-18-28/h2-10,13-18,29-31H,11-12,19-25H2,1H3,(H3,38,39,40,44)/t29?,30-,31+/m0/s1. The van der Waals surface area contributed by atoms with Crippen molar-refractivity contribution in [2.75, 3.05) is 20.1 Å². The van der Waals surface area contributed by atoms with Gasteiger partial charge >= 0.3 is 12.2 Å². The minimum atomic E-state index is -1.26. The van der Waals surface area contributed by atoms with Gasteiger partial charge in [0.15, 0.2) is 5.96 Å². The highest BCUT2D eigenvalue weighted by Gasteiger charge is 2.46. The predicted octanol–water partition coefficient (Wildman–Crippen LogP) is 3.62. The van der Waals surface area contributed by atoms with E-state index in [1.165, 1.54) is 16.8 Å². The summed E-state index contributed by atoms with van der Waals surface area (Å²) < 4.78 is 11.1. The Hall–Kier alpha value is -5.72. The van der Waals surface area contributed by atoms with Crippen molar-refractivity contribution in [3.05, 3.63) is 108 Å². The molecule has 3 aromatic carbocycles. The number of rotatable bonds is 10. The lowest BCUT2D eigenvalue weighted by atomic mass is 10.0. The quantitative estimate of drug-likeness (QED) is 0.328. The van der Waals surface area contributed by atoms with Gasteiger partial charge < -0.3 is 20.1 Å². The molecule has 1 saturated heterocycles. The average molecular weight is 683 g/mol. The Kier molecular flexibility index (Phi) is 12.2. The molecule has 0 bridgehead atoms. The molecule has 0 spiro atoms. The van der Waals surface area contributed by atoms with Crippen LogP contribution in [0.3, 0.4) is 0 Å². The van der Waals surface area contributed by atoms with Crippen molar-refractivity contribution in [3.63, 3.8) is 0 Å². The minimum Gasteiger partial charge on any atom is -0.445 e. The summed E-state index contributed by atoms with van der Waals surface area (Å²) >= 11 is 0. The topological polar surface area (TPSA) is 164 Å². The first kappa shape index (κ1) is 35.6. The molecule has 0 saturated carbocycles. The third kappa shape index (κ3) is 9.04. The molecule has 50 heavy (non-hydrogen) atoms. The SMILES string of the molecule is CN(C(=O)OCc1ccccc1)[C@H](Cc1ccccc1)C(=O)N1CCC[C@H]1C(=O)N(C(=O)OCc1ccccc1)C1CCCN=C(N)NC1=O. The first-order chi connectivity index (χ1) is 24.2. The number of nitrogens with two attached hydrogens (primary N) is 1. The Morgan fingerprint density at radius 2 is 1.40 bits per heavy atom. The molecule has 5 amide bonds. The molecule has 2 aliphatic heterocycles. The smallest absolute Gasteiger partial charge is 0.417 e. The van der Waals surface area contributed by atoms with Crippen LogP contribution in [0.1, 0.15) is 42.4 Å². The number of nitrogens with one attached hydrogen (secondary N) is 1. The average Bonchev–Trinajstić information content (AvgIpc) is 3.63. The third-order valence-electron chi connectivity index (χ3n) is 8.76. The van der Waals surface area contributed by atoms with Crippen LogP contribution >= 0.6 is 0 Å². The van der Waals surface area contributed by atoms with E-state index in [4.69, 9.17) is 15.2 Å². The Bertz CT molecular complexity index is 1670. The number of imide groups is 1. The number of likely N-dealkylation sites (N-methyl/N-ethyl adjacent to an activating group) is 1. The number of hydrogen-bond acceptors (Lipinski definition) is 9. The number of nitrogens with zero attached hydrogens (tertiary/aromatic N) is 4. The molecular weight excluding hydrogens is 640 g/mol. The van der Waals surface area contributed by atoms with Crippen LogP contribution in [-0.4, -0.2) is 88.8 Å². The molecule has 0 radical (unpaired) electrons. The summed E-state index contributed by atoms with van der Waals surface area (Å²) in [6, 6.07) is 24.0. The van der Waals surface area contributed by atoms with Gasteiger partial charge in [0.25, 0.3) is 5.91 Å². The molecule has 2 heterocycles. The highest BCUT2D eigenvalue weighted by atomic mass is 16.6. The van der Waals surface area contributed by atoms with Crippen LogP contribution in [0.2, 0.25) is 0 Å². The Morgan fingerprint density at radius 3 is 2.00 bits per heavy atom. The monoisotopic (exact) mass is 682 g/mol. The maximum atomic E-state index is 14.5. The summed E-state index contributed by atoms with van der Waals surface area (Å²) in [5.41, 5.74) is 8.11. The van der Waals surface area contributed by atoms with Crippen LogP contribution in [0.5, 0.6) is 0 Å². The Morgan fingerprint density at radius 1 is 0.840 bits per heavy atom. The zero-order valence-electron chi connectivity index (χ0n) is 28.0. The summed E-state index contributed by atoms with van der Waals surface area (Å²) in [5.74, 6) is -2.04. The van der Waals surface area contributed by atoms with Crippen molar-refractivity contribution in [3.8, 4) is 0 Å². The van der Waals surface area contributed by atoms with E-state index < -0.39 is 48.0 Å². The molecular formula is C37H42N6O7. The van der Waals surface area contributed by atoms with Crippen LogP contribution in [0.15, 0.2) is 96.0 Å². The summed E-state index contributed by atoms with van der Waals surface area (Å²) in [6.07, 6.45) is -0.380. The summed E-state index contributed by atoms with van der Waals surface area (Å²) in [4.78, 5) is 76.9. The van der Waals surface area contributed by atoms with Gasteiger partial charge in [0.05, 0.1) is 0 Å². The number of carbonyl (C=O) groups excluding carboxylic acids is 5. The molecule has 5 rings (SSSR count). The normalized spacial score (nSPS) is 18.1. The number of guanidine groups is 1. The Labute approximate surface area is 291 Å². The fraction of sp³-hybridized carbons (Fsp3) is 0.351. The van der Waals surface area contributed by atoms with E-state index in [0.29, 0.717) is 18.4 Å². The molecule has 0 aromatic heterocycles. The number of carbonyl (C=O) groups is 5. The fourth-order valence-corrected chi connectivity index (χ4v) is 6.09. The Balaban J connectivity index is 1.40. The highest BCUT2D eigenvalue weighted by molar-refractivity contribution is 6.05. The molecule has 1 unspecified atom stereocenters. The van der Waals surface area contributed by atoms with Gasteiger partial charge in [-0.2, -0.15) is 0 Å². The first-order valence-corrected chi connectivity index (χ1v) is 16.7. The molecule has 13 heteroatoms. The molecule has 1 fully saturated rings. The van der Waals surface area contributed by atoms with Crippen LogP contribution in [0, 0.1) is 0 Å². The van der Waals surface area contributed by atoms with Crippen LogP contribution in [0.25, 0.3) is 0 Å². The minimum absolute atomic E-state index is 0.0137. The van der Waals surface area contributed by atoms with Crippen molar-refractivity contribution < 1.29 is 33.4 Å². The lowest BCUT2D eigenvalue weighted by molar-refractivity contribution is -0.148. The number of aliphatic imine (C=N–C) groups is 1. The van der Waals surface area contributed by atoms with E-state index in [0.717, 1.165) is 16.0 Å². The van der Waals surface area contributed by atoms with E-state index in [2.05, 4.69) is 10.3 Å². The summed E-state index contributed by atoms with van der Waals surface area (Å²) in [7, 11) is 1.49. The largest absolute Gasteiger partial charge is 0.445 e. The van der Waals surface area contributed by atoms with E-state index in [9.17, 15) is 24.0 Å². The van der Waals surface area contributed by atoms with Crippen molar-refractivity contribution in [1.29, 1.82) is 0 Å². The van der Waals surface area contributed by atoms with E-state index in [1.807, 2.05) is 66.7 Å². The van der Waals surface area contributed by atoms with E-state index in [-0.39, 0.29) is 51.5 Å². The van der Waals surface area contributed by atoms with Crippen molar-refractivity contribution in [1.82, 2.24) is 20.0 Å². The van der Waals surface area contributed by atoms with Crippen molar-refractivity contribution in [2.24, 2.45) is 10.7 Å². The number of hydrogen-bond donors (Lipinski definition) is 2. The van der Waals surface area contributed by atoms with Gasteiger partial charge in [-0.05, 0) is 42.4 Å². The van der Waals surface area contributed by atoms with Gasteiger partial charge in [0, 0.05) is 26.6 Å². The molecule has 3 N–H and O–H groups in total. The maximum absolute atomic E-state index is 14.5. The second-order valence-electron chi connectivity index (χ2n) is 12.2. The fourth-order valence-electron chi connectivity index (χ4n) is 6.09. The molecule has 3 atom stereocenters. The maximum Gasteiger partial charge on any atom is 0.417 e. The third-order valence-corrected chi connectivity index (χ3v) is 8.76. The molecule has 0 aliphatic carbocycles. The molecule has 13 nitrogen and oxygen atoms in total. The van der Waals surface area contributed by atoms with Crippen molar-refractivity contribution >= 4 is 35.9 Å². The summed E-state index contributed by atoms with van der Waals surface area (Å²) in [5, 5.41) is 2.47. The summed E-state index contributed by atoms with van der Waals surface area (Å²) in [6.45, 7) is 0.367. The zero-order chi connectivity index (χ0) is 35.5. The van der Waals surface area contributed by atoms with Gasteiger partial charge in [-0.25, -0.2) is 14.5 Å². The second-order valence-corrected chi connectivity index (χ2v) is 12.2. The molecule has 2 aliphatic rings. The first-order valence-electron chi connectivity index (χ1n) is 16.7. The lowest BCUT2D eigenvalue weighted by Gasteiger charge is -2.36. The number of likely N-dealkylation sites (tertiary alicyclic amines) is 1. The van der Waals surface area contributed by atoms with Gasteiger partial charge in [-0.15, -0.1) is 0 Å². The highest BCUT2D eigenvalue weighted by Crippen LogP contribution is 2.26. The zero-order valence-corrected chi connectivity index (χ0v) is 28.0. The van der Waals surface area contributed by atoms with Gasteiger partial charge in [0.2, 0.25) is 11.8 Å². The van der Waals surface area contributed by atoms with Gasteiger partial charge in [-0.1, -0.05) is 91.0 Å². The number of ether oxygens (including phenoxy) is 2. The lowest BCUT2D eigenvalue weighted by Crippen LogP contribution is -2.60. The van der Waals surface area contributed by atoms with E-state index in [1.54, 1.807) is 24.3 Å². The molecule has 262 valence electrons. The number of amides is 5. The van der Waals surface area contributed by atoms with Gasteiger partial charge in [0.1, 0.15) is 31.3 Å². The molecule has 3 aromatic rings. The van der Waals surface area contributed by atoms with Crippen LogP contribution in [0.4, 0.5) is 9.59 Å².